The van der Waals surface area contributed by atoms with E-state index in [1.807, 2.05) is 12.1 Å². The third-order valence-electron chi connectivity index (χ3n) is 6.15. The van der Waals surface area contributed by atoms with Gasteiger partial charge in [-0.1, -0.05) is 39.8 Å². The Morgan fingerprint density at radius 3 is 1.44 bits per heavy atom. The van der Waals surface area contributed by atoms with Crippen LogP contribution < -0.4 is 0 Å². The van der Waals surface area contributed by atoms with Crippen LogP contribution in [0.5, 0.6) is 11.5 Å². The SMILES string of the molecule is CC1(C)CC2(CC(C)(C)c3ccc(O)c(I)c32)c2c1ccc(O)c2I. The van der Waals surface area contributed by atoms with Crippen molar-refractivity contribution in [2.75, 3.05) is 0 Å². The van der Waals surface area contributed by atoms with Gasteiger partial charge in [0.2, 0.25) is 0 Å². The molecule has 0 unspecified atom stereocenters. The predicted octanol–water partition coefficient (Wildman–Crippen LogP) is 5.96. The molecule has 0 heterocycles. The van der Waals surface area contributed by atoms with Gasteiger partial charge in [-0.2, -0.15) is 0 Å². The molecule has 0 radical (unpaired) electrons. The molecule has 0 aromatic heterocycles. The third kappa shape index (κ3) is 2.25. The van der Waals surface area contributed by atoms with Gasteiger partial charge in [0, 0.05) is 5.41 Å². The van der Waals surface area contributed by atoms with E-state index in [4.69, 9.17) is 0 Å². The highest BCUT2D eigenvalue weighted by molar-refractivity contribution is 14.1. The highest BCUT2D eigenvalue weighted by atomic mass is 127. The van der Waals surface area contributed by atoms with Crippen LogP contribution in [0.15, 0.2) is 24.3 Å². The fraction of sp³-hybridized carbons (Fsp3) is 0.429. The molecule has 2 aromatic rings. The summed E-state index contributed by atoms with van der Waals surface area (Å²) < 4.78 is 1.92. The number of rotatable bonds is 0. The van der Waals surface area contributed by atoms with Gasteiger partial charge < -0.3 is 10.2 Å². The molecule has 0 amide bonds. The predicted molar refractivity (Wildman–Crippen MR) is 118 cm³/mol. The number of hydrogen-bond donors (Lipinski definition) is 2. The maximum absolute atomic E-state index is 10.4. The second-order valence-corrected chi connectivity index (χ2v) is 11.0. The monoisotopic (exact) mass is 560 g/mol. The quantitative estimate of drug-likeness (QED) is 0.391. The van der Waals surface area contributed by atoms with Crippen molar-refractivity contribution in [2.24, 2.45) is 0 Å². The van der Waals surface area contributed by atoms with E-state index in [1.54, 1.807) is 0 Å². The first kappa shape index (κ1) is 17.9. The van der Waals surface area contributed by atoms with Crippen LogP contribution >= 0.6 is 45.2 Å². The molecule has 0 saturated heterocycles. The van der Waals surface area contributed by atoms with Crippen LogP contribution in [-0.2, 0) is 16.2 Å². The Kier molecular flexibility index (Phi) is 3.77. The molecule has 0 saturated carbocycles. The molecule has 0 fully saturated rings. The van der Waals surface area contributed by atoms with Gasteiger partial charge >= 0.3 is 0 Å². The van der Waals surface area contributed by atoms with Crippen molar-refractivity contribution in [3.05, 3.63) is 53.7 Å². The summed E-state index contributed by atoms with van der Waals surface area (Å²) in [4.78, 5) is 0. The summed E-state index contributed by atoms with van der Waals surface area (Å²) in [7, 11) is 0. The zero-order chi connectivity index (χ0) is 18.4. The van der Waals surface area contributed by atoms with Crippen LogP contribution in [0.3, 0.4) is 0 Å². The smallest absolute Gasteiger partial charge is 0.129 e. The van der Waals surface area contributed by atoms with Crippen LogP contribution in [0.2, 0.25) is 0 Å². The summed E-state index contributed by atoms with van der Waals surface area (Å²) in [6.07, 6.45) is 2.01. The molecule has 132 valence electrons. The van der Waals surface area contributed by atoms with Gasteiger partial charge in [-0.05, 0) is 103 Å². The fourth-order valence-electron chi connectivity index (χ4n) is 5.43. The molecule has 4 heteroatoms. The molecular weight excluding hydrogens is 538 g/mol. The zero-order valence-corrected chi connectivity index (χ0v) is 19.2. The Labute approximate surface area is 176 Å². The van der Waals surface area contributed by atoms with E-state index in [0.717, 1.165) is 20.0 Å². The van der Waals surface area contributed by atoms with Crippen molar-refractivity contribution in [3.8, 4) is 11.5 Å². The van der Waals surface area contributed by atoms with Crippen LogP contribution in [0, 0.1) is 7.14 Å². The molecule has 2 aliphatic carbocycles. The molecule has 0 aliphatic heterocycles. The summed E-state index contributed by atoms with van der Waals surface area (Å²) in [6.45, 7) is 9.20. The Balaban J connectivity index is 2.14. The first-order valence-electron chi connectivity index (χ1n) is 8.56. The number of fused-ring (bicyclic) bond motifs is 4. The van der Waals surface area contributed by atoms with E-state index in [9.17, 15) is 10.2 Å². The zero-order valence-electron chi connectivity index (χ0n) is 14.9. The Hall–Kier alpha value is -0.500. The topological polar surface area (TPSA) is 40.5 Å². The van der Waals surface area contributed by atoms with Crippen LogP contribution in [-0.4, -0.2) is 10.2 Å². The standard InChI is InChI=1S/C21H22I2O2/c1-19(2)9-21(15-11(19)5-7-13(24)17(15)22)10-20(3,4)12-6-8-14(25)18(23)16(12)21/h5-8,24-25H,9-10H2,1-4H3. The normalized spacial score (nSPS) is 21.4. The molecule has 4 rings (SSSR count). The maximum Gasteiger partial charge on any atom is 0.129 e. The first-order chi connectivity index (χ1) is 11.5. The minimum atomic E-state index is -0.151. The van der Waals surface area contributed by atoms with Gasteiger partial charge in [-0.15, -0.1) is 0 Å². The molecule has 2 aliphatic rings. The maximum atomic E-state index is 10.4. The molecule has 0 atom stereocenters. The van der Waals surface area contributed by atoms with Crippen LogP contribution in [0.25, 0.3) is 0 Å². The fourth-order valence-corrected chi connectivity index (χ4v) is 7.41. The van der Waals surface area contributed by atoms with Gasteiger partial charge in [-0.25, -0.2) is 0 Å². The minimum absolute atomic E-state index is 0.0369. The summed E-state index contributed by atoms with van der Waals surface area (Å²) in [5.41, 5.74) is 5.13. The van der Waals surface area contributed by atoms with Crippen LogP contribution in [0.1, 0.15) is 62.8 Å². The summed E-state index contributed by atoms with van der Waals surface area (Å²) >= 11 is 4.61. The van der Waals surface area contributed by atoms with Gasteiger partial charge in [-0.3, -0.25) is 0 Å². The third-order valence-corrected chi connectivity index (χ3v) is 8.33. The molecular formula is C21H22I2O2. The lowest BCUT2D eigenvalue weighted by Crippen LogP contribution is -2.28. The average molecular weight is 560 g/mol. The minimum Gasteiger partial charge on any atom is -0.507 e. The largest absolute Gasteiger partial charge is 0.507 e. The molecule has 2 nitrogen and oxygen atoms in total. The number of hydrogen-bond acceptors (Lipinski definition) is 2. The molecule has 2 N–H and O–H groups in total. The number of benzene rings is 2. The van der Waals surface area contributed by atoms with Crippen molar-refractivity contribution >= 4 is 45.2 Å². The van der Waals surface area contributed by atoms with Crippen LogP contribution in [0.4, 0.5) is 0 Å². The average Bonchev–Trinajstić information content (AvgIpc) is 2.86. The van der Waals surface area contributed by atoms with Gasteiger partial charge in [0.15, 0.2) is 0 Å². The van der Waals surface area contributed by atoms with E-state index in [-0.39, 0.29) is 16.2 Å². The van der Waals surface area contributed by atoms with Crippen molar-refractivity contribution in [2.45, 2.75) is 56.8 Å². The summed E-state index contributed by atoms with van der Waals surface area (Å²) in [6, 6.07) is 7.86. The Morgan fingerprint density at radius 2 is 1.08 bits per heavy atom. The van der Waals surface area contributed by atoms with E-state index in [1.165, 1.54) is 22.3 Å². The van der Waals surface area contributed by atoms with Gasteiger partial charge in [0.25, 0.3) is 0 Å². The second-order valence-electron chi connectivity index (χ2n) is 8.85. The van der Waals surface area contributed by atoms with E-state index >= 15 is 0 Å². The first-order valence-corrected chi connectivity index (χ1v) is 10.7. The Bertz CT molecular complexity index is 837. The van der Waals surface area contributed by atoms with Gasteiger partial charge in [0.05, 0.1) is 7.14 Å². The summed E-state index contributed by atoms with van der Waals surface area (Å²) in [5, 5.41) is 20.9. The van der Waals surface area contributed by atoms with E-state index in [0.29, 0.717) is 11.5 Å². The number of halogens is 2. The number of phenols is 2. The Morgan fingerprint density at radius 1 is 0.720 bits per heavy atom. The number of aromatic hydroxyl groups is 2. The summed E-state index contributed by atoms with van der Waals surface area (Å²) in [5.74, 6) is 0.718. The molecule has 2 aromatic carbocycles. The second kappa shape index (κ2) is 5.27. The van der Waals surface area contributed by atoms with E-state index < -0.39 is 0 Å². The van der Waals surface area contributed by atoms with Crippen molar-refractivity contribution in [1.29, 1.82) is 0 Å². The molecule has 0 bridgehead atoms. The highest BCUT2D eigenvalue weighted by Crippen LogP contribution is 2.65. The highest BCUT2D eigenvalue weighted by Gasteiger charge is 2.58. The van der Waals surface area contributed by atoms with Crippen molar-refractivity contribution in [1.82, 2.24) is 0 Å². The van der Waals surface area contributed by atoms with Gasteiger partial charge in [0.1, 0.15) is 11.5 Å². The van der Waals surface area contributed by atoms with E-state index in [2.05, 4.69) is 85.0 Å². The molecule has 1 spiro atoms. The number of phenolic OH excluding ortho intramolecular Hbond substituents is 2. The lowest BCUT2D eigenvalue weighted by molar-refractivity contribution is 0.347. The lowest BCUT2D eigenvalue weighted by Gasteiger charge is -2.31. The lowest BCUT2D eigenvalue weighted by atomic mass is 9.72. The molecule has 25 heavy (non-hydrogen) atoms. The van der Waals surface area contributed by atoms with Crippen molar-refractivity contribution < 1.29 is 10.2 Å². The van der Waals surface area contributed by atoms with Crippen molar-refractivity contribution in [3.63, 3.8) is 0 Å².